The van der Waals surface area contributed by atoms with Gasteiger partial charge < -0.3 is 41.7 Å². The third-order valence-corrected chi connectivity index (χ3v) is 10.3. The van der Waals surface area contributed by atoms with Gasteiger partial charge in [-0.3, -0.25) is 9.79 Å². The molecule has 0 aromatic heterocycles. The zero-order chi connectivity index (χ0) is 31.5. The molecule has 2 bridgehead atoms. The van der Waals surface area contributed by atoms with Gasteiger partial charge in [-0.1, -0.05) is 57.2 Å². The molecule has 0 aliphatic carbocycles. The van der Waals surface area contributed by atoms with Crippen molar-refractivity contribution < 1.29 is 41.2 Å². The van der Waals surface area contributed by atoms with Crippen molar-refractivity contribution in [1.82, 2.24) is 5.32 Å². The van der Waals surface area contributed by atoms with E-state index in [0.29, 0.717) is 23.9 Å². The number of nitrogens with one attached hydrogen (secondary N) is 1. The van der Waals surface area contributed by atoms with Crippen LogP contribution in [0.3, 0.4) is 0 Å². The number of halogens is 2. The van der Waals surface area contributed by atoms with Crippen LogP contribution in [0.25, 0.3) is 0 Å². The van der Waals surface area contributed by atoms with Crippen LogP contribution >= 0.6 is 12.4 Å². The van der Waals surface area contributed by atoms with Crippen LogP contribution in [0.2, 0.25) is 0 Å². The van der Waals surface area contributed by atoms with Gasteiger partial charge in [0.1, 0.15) is 23.6 Å². The Morgan fingerprint density at radius 2 is 1.71 bits per heavy atom. The lowest BCUT2D eigenvalue weighted by molar-refractivity contribution is -0.968. The smallest absolute Gasteiger partial charge is 0.316 e. The fourth-order valence-electron chi connectivity index (χ4n) is 7.41. The highest BCUT2D eigenvalue weighted by molar-refractivity contribution is 5.86. The molecular formula is C36H55BrClN3O4. The van der Waals surface area contributed by atoms with Crippen molar-refractivity contribution in [2.75, 3.05) is 26.7 Å². The van der Waals surface area contributed by atoms with Gasteiger partial charge in [-0.2, -0.15) is 0 Å². The van der Waals surface area contributed by atoms with Crippen LogP contribution < -0.4 is 22.3 Å². The molecule has 3 unspecified atom stereocenters. The second-order valence-corrected chi connectivity index (χ2v) is 14.3. The topological polar surface area (TPSA) is 91.2 Å². The van der Waals surface area contributed by atoms with E-state index in [2.05, 4.69) is 65.0 Å². The van der Waals surface area contributed by atoms with Crippen molar-refractivity contribution in [3.63, 3.8) is 0 Å². The highest BCUT2D eigenvalue weighted by Gasteiger charge is 2.53. The molecule has 0 spiro atoms. The predicted molar refractivity (Wildman–Crippen MR) is 181 cm³/mol. The van der Waals surface area contributed by atoms with Crippen LogP contribution in [0.1, 0.15) is 94.0 Å². The summed E-state index contributed by atoms with van der Waals surface area (Å²) in [5, 5.41) is 23.4. The van der Waals surface area contributed by atoms with Gasteiger partial charge >= 0.3 is 5.97 Å². The Labute approximate surface area is 287 Å². The number of amidine groups is 1. The number of hydrogen-bond donors (Lipinski definition) is 3. The van der Waals surface area contributed by atoms with Crippen molar-refractivity contribution in [3.05, 3.63) is 64.2 Å². The summed E-state index contributed by atoms with van der Waals surface area (Å²) in [5.74, 6) is 0.617. The molecule has 0 radical (unpaired) electrons. The van der Waals surface area contributed by atoms with E-state index in [1.165, 1.54) is 24.0 Å². The number of piperidine rings is 1. The number of esters is 1. The van der Waals surface area contributed by atoms with Crippen molar-refractivity contribution in [3.8, 4) is 5.75 Å². The van der Waals surface area contributed by atoms with Gasteiger partial charge in [-0.25, -0.2) is 0 Å². The normalized spacial score (nSPS) is 24.3. The minimum Gasteiger partial charge on any atom is -1.00 e. The third kappa shape index (κ3) is 8.62. The third-order valence-electron chi connectivity index (χ3n) is 10.3. The molecule has 2 fully saturated rings. The van der Waals surface area contributed by atoms with E-state index in [4.69, 9.17) is 4.74 Å². The molecule has 252 valence electrons. The van der Waals surface area contributed by atoms with Crippen molar-refractivity contribution >= 4 is 24.2 Å². The number of ether oxygens (including phenoxy) is 1. The monoisotopic (exact) mass is 707 g/mol. The molecule has 0 saturated carbocycles. The van der Waals surface area contributed by atoms with E-state index in [9.17, 15) is 15.0 Å². The number of quaternary nitrogens is 1. The first kappa shape index (κ1) is 39.1. The molecule has 9 heteroatoms. The van der Waals surface area contributed by atoms with Crippen LogP contribution in [0, 0.1) is 13.8 Å². The average molecular weight is 709 g/mol. The molecule has 0 amide bonds. The number of benzene rings is 2. The van der Waals surface area contributed by atoms with Crippen LogP contribution in [0.5, 0.6) is 5.75 Å². The highest BCUT2D eigenvalue weighted by Crippen LogP contribution is 2.44. The maximum Gasteiger partial charge on any atom is 0.316 e. The summed E-state index contributed by atoms with van der Waals surface area (Å²) in [6, 6.07) is 13.3. The number of hydrogen-bond acceptors (Lipinski definition) is 6. The molecular weight excluding hydrogens is 654 g/mol. The second kappa shape index (κ2) is 16.1. The molecule has 5 rings (SSSR count). The highest BCUT2D eigenvalue weighted by atomic mass is 79.9. The zero-order valence-electron chi connectivity index (χ0n) is 28.4. The number of aliphatic hydroxyl groups is 1. The van der Waals surface area contributed by atoms with Crippen LogP contribution in [0.15, 0.2) is 41.4 Å². The largest absolute Gasteiger partial charge is 1.00 e. The Bertz CT molecular complexity index is 1300. The fourth-order valence-corrected chi connectivity index (χ4v) is 7.41. The van der Waals surface area contributed by atoms with Gasteiger partial charge in [0.05, 0.1) is 38.3 Å². The van der Waals surface area contributed by atoms with Crippen molar-refractivity contribution in [1.29, 1.82) is 0 Å². The SMILES string of the molecule is CC(C)[N+]1(C)[C@@H]2CC[C@H]1CC(OC(=O)C(CO)c1ccccc1)C2.Cc1cc(C(C)(C)C)c(O)c(C)c1CC1=NCCN1.Cl.[Br-]. The van der Waals surface area contributed by atoms with Gasteiger partial charge in [0.2, 0.25) is 0 Å². The Morgan fingerprint density at radius 3 is 2.20 bits per heavy atom. The summed E-state index contributed by atoms with van der Waals surface area (Å²) in [4.78, 5) is 17.0. The first-order valence-corrected chi connectivity index (χ1v) is 16.1. The van der Waals surface area contributed by atoms with E-state index in [1.54, 1.807) is 0 Å². The lowest BCUT2D eigenvalue weighted by Crippen LogP contribution is -3.00. The number of nitrogens with zero attached hydrogens (tertiary/aromatic N) is 2. The summed E-state index contributed by atoms with van der Waals surface area (Å²) in [6.45, 7) is 16.7. The number of aliphatic imine (C=N–C) groups is 1. The Morgan fingerprint density at radius 1 is 1.11 bits per heavy atom. The minimum atomic E-state index is -0.572. The van der Waals surface area contributed by atoms with E-state index < -0.39 is 5.92 Å². The minimum absolute atomic E-state index is 0. The lowest BCUT2D eigenvalue weighted by atomic mass is 9.82. The van der Waals surface area contributed by atoms with Gasteiger partial charge in [-0.05, 0) is 60.9 Å². The number of aromatic hydroxyl groups is 1. The number of aryl methyl sites for hydroxylation is 1. The molecule has 3 N–H and O–H groups in total. The number of carbonyl (C=O) groups excluding carboxylic acids is 1. The molecule has 5 atom stereocenters. The summed E-state index contributed by atoms with van der Waals surface area (Å²) in [6.07, 6.45) is 5.15. The maximum atomic E-state index is 12.6. The van der Waals surface area contributed by atoms with E-state index in [0.717, 1.165) is 59.4 Å². The average Bonchev–Trinajstić information content (AvgIpc) is 3.51. The molecule has 45 heavy (non-hydrogen) atoms. The number of rotatable bonds is 7. The van der Waals surface area contributed by atoms with Crippen LogP contribution in [-0.2, 0) is 21.4 Å². The summed E-state index contributed by atoms with van der Waals surface area (Å²) in [7, 11) is 2.37. The number of carbonyl (C=O) groups is 1. The summed E-state index contributed by atoms with van der Waals surface area (Å²) >= 11 is 0. The quantitative estimate of drug-likeness (QED) is 0.304. The van der Waals surface area contributed by atoms with E-state index >= 15 is 0 Å². The van der Waals surface area contributed by atoms with Gasteiger partial charge in [-0.15, -0.1) is 12.4 Å². The standard InChI is InChI=1S/C20H30NO3.C16H24N2O.BrH.ClH/c1-14(2)21(3)16-9-10-17(21)12-18(11-16)24-20(23)19(13-22)15-7-5-4-6-8-15;1-10-8-13(16(3,4)5)15(19)11(2)12(10)9-14-17-6-7-18-14;;/h4-8,14,16-19,22H,9-13H2,1-3H3;8,19H,6-7,9H2,1-5H3,(H,17,18);2*1H/q+1;;;/p-1/t16-,17+,18?,19?,21?;;;. The first-order chi connectivity index (χ1) is 20.3. The first-order valence-electron chi connectivity index (χ1n) is 16.1. The van der Waals surface area contributed by atoms with E-state index in [1.807, 2.05) is 37.3 Å². The van der Waals surface area contributed by atoms with Crippen LogP contribution in [-0.4, -0.2) is 77.5 Å². The molecule has 3 aliphatic rings. The molecule has 3 aliphatic heterocycles. The molecule has 2 saturated heterocycles. The fraction of sp³-hybridized carbons (Fsp3) is 0.611. The number of phenolic OH excluding ortho intramolecular Hbond substituents is 1. The lowest BCUT2D eigenvalue weighted by Gasteiger charge is -2.49. The van der Waals surface area contributed by atoms with Crippen molar-refractivity contribution in [2.24, 2.45) is 4.99 Å². The van der Waals surface area contributed by atoms with Gasteiger partial charge in [0.25, 0.3) is 0 Å². The second-order valence-electron chi connectivity index (χ2n) is 14.3. The molecule has 7 nitrogen and oxygen atoms in total. The molecule has 2 aromatic carbocycles. The Hall–Kier alpha value is -2.13. The summed E-state index contributed by atoms with van der Waals surface area (Å²) in [5.41, 5.74) is 5.22. The number of fused-ring (bicyclic) bond motifs is 2. The Balaban J connectivity index is 0.000000308. The molecule has 3 heterocycles. The van der Waals surface area contributed by atoms with Crippen LogP contribution in [0.4, 0.5) is 0 Å². The predicted octanol–water partition coefficient (Wildman–Crippen LogP) is 3.13. The summed E-state index contributed by atoms with van der Waals surface area (Å²) < 4.78 is 6.96. The zero-order valence-corrected chi connectivity index (χ0v) is 30.8. The number of aliphatic hydroxyl groups excluding tert-OH is 1. The maximum absolute atomic E-state index is 12.6. The van der Waals surface area contributed by atoms with Crippen molar-refractivity contribution in [2.45, 2.75) is 116 Å². The van der Waals surface area contributed by atoms with Gasteiger partial charge in [0.15, 0.2) is 0 Å². The van der Waals surface area contributed by atoms with Gasteiger partial charge in [0, 0.05) is 38.6 Å². The Kier molecular flexibility index (Phi) is 14.0. The van der Waals surface area contributed by atoms with E-state index in [-0.39, 0.29) is 53.5 Å². The number of phenols is 1. The molecule has 2 aromatic rings.